The lowest BCUT2D eigenvalue weighted by Gasteiger charge is -2.34. The van der Waals surface area contributed by atoms with Crippen LogP contribution < -0.4 is 5.56 Å². The van der Waals surface area contributed by atoms with E-state index < -0.39 is 0 Å². The SMILES string of the molecule is O=C(c1cnc(C2CC2)[nH]c1=O)N(Cc1ccsc1)C1CCCCC1. The topological polar surface area (TPSA) is 66.1 Å². The maximum Gasteiger partial charge on any atom is 0.263 e. The van der Waals surface area contributed by atoms with Crippen LogP contribution in [-0.2, 0) is 6.54 Å². The molecule has 1 amide bonds. The second-order valence-electron chi connectivity index (χ2n) is 7.14. The Balaban J connectivity index is 1.60. The average Bonchev–Trinajstić information content (AvgIpc) is 3.36. The van der Waals surface area contributed by atoms with Crippen molar-refractivity contribution in [2.75, 3.05) is 0 Å². The molecule has 5 nitrogen and oxygen atoms in total. The molecule has 2 heterocycles. The van der Waals surface area contributed by atoms with Crippen molar-refractivity contribution < 1.29 is 4.79 Å². The Bertz CT molecular complexity index is 789. The van der Waals surface area contributed by atoms with Gasteiger partial charge in [-0.3, -0.25) is 9.59 Å². The first-order valence-corrected chi connectivity index (χ1v) is 10.1. The summed E-state index contributed by atoms with van der Waals surface area (Å²) in [7, 11) is 0. The van der Waals surface area contributed by atoms with Crippen LogP contribution in [-0.4, -0.2) is 26.8 Å². The van der Waals surface area contributed by atoms with Crippen molar-refractivity contribution in [3.05, 3.63) is 50.3 Å². The zero-order valence-corrected chi connectivity index (χ0v) is 15.1. The van der Waals surface area contributed by atoms with Crippen LogP contribution in [0.3, 0.4) is 0 Å². The van der Waals surface area contributed by atoms with E-state index in [0.717, 1.165) is 49.9 Å². The van der Waals surface area contributed by atoms with Crippen LogP contribution in [0.15, 0.2) is 27.8 Å². The number of nitrogens with zero attached hydrogens (tertiary/aromatic N) is 2. The molecular weight excluding hydrogens is 334 g/mol. The lowest BCUT2D eigenvalue weighted by Crippen LogP contribution is -2.43. The van der Waals surface area contributed by atoms with Crippen molar-refractivity contribution in [1.82, 2.24) is 14.9 Å². The van der Waals surface area contributed by atoms with E-state index in [1.165, 1.54) is 12.6 Å². The van der Waals surface area contributed by atoms with E-state index in [1.807, 2.05) is 16.3 Å². The fraction of sp³-hybridized carbons (Fsp3) is 0.526. The summed E-state index contributed by atoms with van der Waals surface area (Å²) in [6.45, 7) is 0.566. The van der Waals surface area contributed by atoms with Crippen LogP contribution in [0, 0.1) is 0 Å². The van der Waals surface area contributed by atoms with Gasteiger partial charge in [-0.05, 0) is 48.1 Å². The molecule has 0 spiro atoms. The number of rotatable bonds is 5. The number of amides is 1. The summed E-state index contributed by atoms with van der Waals surface area (Å²) < 4.78 is 0. The number of hydrogen-bond acceptors (Lipinski definition) is 4. The lowest BCUT2D eigenvalue weighted by atomic mass is 9.93. The van der Waals surface area contributed by atoms with Gasteiger partial charge in [-0.2, -0.15) is 11.3 Å². The first kappa shape index (κ1) is 16.5. The van der Waals surface area contributed by atoms with Gasteiger partial charge in [0.25, 0.3) is 11.5 Å². The van der Waals surface area contributed by atoms with Gasteiger partial charge in [-0.15, -0.1) is 0 Å². The van der Waals surface area contributed by atoms with E-state index in [0.29, 0.717) is 12.5 Å². The van der Waals surface area contributed by atoms with E-state index in [1.54, 1.807) is 11.3 Å². The van der Waals surface area contributed by atoms with E-state index in [9.17, 15) is 9.59 Å². The van der Waals surface area contributed by atoms with Gasteiger partial charge in [0, 0.05) is 24.7 Å². The molecule has 2 fully saturated rings. The molecule has 4 rings (SSSR count). The standard InChI is InChI=1S/C19H23N3O2S/c23-18-16(10-20-17(21-18)14-6-7-14)19(24)22(11-13-8-9-25-12-13)15-4-2-1-3-5-15/h8-10,12,14-15H,1-7,11H2,(H,20,21,23). The summed E-state index contributed by atoms with van der Waals surface area (Å²) in [6.07, 6.45) is 9.18. The van der Waals surface area contributed by atoms with Crippen LogP contribution in [0.1, 0.15) is 72.6 Å². The minimum absolute atomic E-state index is 0.171. The zero-order valence-electron chi connectivity index (χ0n) is 14.2. The number of thiophene rings is 1. The second kappa shape index (κ2) is 7.12. The number of aromatic amines is 1. The second-order valence-corrected chi connectivity index (χ2v) is 7.92. The molecule has 2 aromatic heterocycles. The Morgan fingerprint density at radius 2 is 2.04 bits per heavy atom. The van der Waals surface area contributed by atoms with E-state index in [2.05, 4.69) is 15.3 Å². The van der Waals surface area contributed by atoms with E-state index >= 15 is 0 Å². The fourth-order valence-electron chi connectivity index (χ4n) is 3.62. The van der Waals surface area contributed by atoms with Gasteiger partial charge in [0.15, 0.2) is 0 Å². The van der Waals surface area contributed by atoms with Crippen molar-refractivity contribution >= 4 is 17.2 Å². The Hall–Kier alpha value is -1.95. The molecule has 2 aliphatic carbocycles. The minimum Gasteiger partial charge on any atom is -0.331 e. The molecule has 0 radical (unpaired) electrons. The molecule has 2 saturated carbocycles. The molecule has 25 heavy (non-hydrogen) atoms. The van der Waals surface area contributed by atoms with Gasteiger partial charge in [0.1, 0.15) is 11.4 Å². The summed E-state index contributed by atoms with van der Waals surface area (Å²) >= 11 is 1.63. The minimum atomic E-state index is -0.298. The average molecular weight is 357 g/mol. The number of nitrogens with one attached hydrogen (secondary N) is 1. The van der Waals surface area contributed by atoms with E-state index in [4.69, 9.17) is 0 Å². The van der Waals surface area contributed by atoms with Crippen LogP contribution in [0.2, 0.25) is 0 Å². The molecule has 0 aliphatic heterocycles. The molecule has 0 saturated heterocycles. The number of hydrogen-bond donors (Lipinski definition) is 1. The van der Waals surface area contributed by atoms with Crippen molar-refractivity contribution in [3.63, 3.8) is 0 Å². The van der Waals surface area contributed by atoms with Crippen molar-refractivity contribution in [2.24, 2.45) is 0 Å². The van der Waals surface area contributed by atoms with Gasteiger partial charge in [0.2, 0.25) is 0 Å². The normalized spacial score (nSPS) is 18.2. The van der Waals surface area contributed by atoms with Crippen LogP contribution in [0.5, 0.6) is 0 Å². The molecular formula is C19H23N3O2S. The Morgan fingerprint density at radius 1 is 1.24 bits per heavy atom. The third-order valence-electron chi connectivity index (χ3n) is 5.22. The molecule has 0 atom stereocenters. The largest absolute Gasteiger partial charge is 0.331 e. The first-order chi connectivity index (χ1) is 12.2. The third-order valence-corrected chi connectivity index (χ3v) is 5.95. The zero-order chi connectivity index (χ0) is 17.2. The van der Waals surface area contributed by atoms with Gasteiger partial charge in [-0.1, -0.05) is 19.3 Å². The highest BCUT2D eigenvalue weighted by molar-refractivity contribution is 7.07. The lowest BCUT2D eigenvalue weighted by molar-refractivity contribution is 0.0612. The van der Waals surface area contributed by atoms with E-state index in [-0.39, 0.29) is 23.1 Å². The highest BCUT2D eigenvalue weighted by Crippen LogP contribution is 2.37. The molecule has 1 N–H and O–H groups in total. The molecule has 0 unspecified atom stereocenters. The number of aromatic nitrogens is 2. The molecule has 6 heteroatoms. The maximum atomic E-state index is 13.2. The monoisotopic (exact) mass is 357 g/mol. The number of carbonyl (C=O) groups is 1. The van der Waals surface area contributed by atoms with Crippen LogP contribution in [0.25, 0.3) is 0 Å². The molecule has 0 aromatic carbocycles. The summed E-state index contributed by atoms with van der Waals surface area (Å²) in [6, 6.07) is 2.26. The number of carbonyl (C=O) groups excluding carboxylic acids is 1. The predicted octanol–water partition coefficient (Wildman–Crippen LogP) is 3.68. The van der Waals surface area contributed by atoms with Crippen molar-refractivity contribution in [2.45, 2.75) is 63.5 Å². The first-order valence-electron chi connectivity index (χ1n) is 9.13. The highest BCUT2D eigenvalue weighted by Gasteiger charge is 2.30. The van der Waals surface area contributed by atoms with Gasteiger partial charge in [-0.25, -0.2) is 4.98 Å². The van der Waals surface area contributed by atoms with Gasteiger partial charge >= 0.3 is 0 Å². The third kappa shape index (κ3) is 3.68. The van der Waals surface area contributed by atoms with Crippen molar-refractivity contribution in [3.8, 4) is 0 Å². The van der Waals surface area contributed by atoms with Crippen LogP contribution in [0.4, 0.5) is 0 Å². The summed E-state index contributed by atoms with van der Waals surface area (Å²) in [4.78, 5) is 34.7. The number of H-pyrrole nitrogens is 1. The molecule has 132 valence electrons. The van der Waals surface area contributed by atoms with Gasteiger partial charge < -0.3 is 9.88 Å². The van der Waals surface area contributed by atoms with Gasteiger partial charge in [0.05, 0.1) is 0 Å². The molecule has 2 aliphatic rings. The highest BCUT2D eigenvalue weighted by atomic mass is 32.1. The smallest absolute Gasteiger partial charge is 0.263 e. The summed E-state index contributed by atoms with van der Waals surface area (Å²) in [5.41, 5.74) is 1.00. The fourth-order valence-corrected chi connectivity index (χ4v) is 4.28. The Morgan fingerprint density at radius 3 is 2.68 bits per heavy atom. The quantitative estimate of drug-likeness (QED) is 0.887. The molecule has 2 aromatic rings. The summed E-state index contributed by atoms with van der Waals surface area (Å²) in [5.74, 6) is 0.912. The Labute approximate surface area is 151 Å². The van der Waals surface area contributed by atoms with Crippen LogP contribution >= 0.6 is 11.3 Å². The predicted molar refractivity (Wildman–Crippen MR) is 97.9 cm³/mol. The molecule has 0 bridgehead atoms. The summed E-state index contributed by atoms with van der Waals surface area (Å²) in [5, 5.41) is 4.10. The van der Waals surface area contributed by atoms with Crippen molar-refractivity contribution in [1.29, 1.82) is 0 Å². The maximum absolute atomic E-state index is 13.2. The Kier molecular flexibility index (Phi) is 4.70.